The number of carboxylic acid groups (broad SMARTS) is 1. The smallest absolute Gasteiger partial charge is 0.348 e. The van der Waals surface area contributed by atoms with Gasteiger partial charge in [-0.2, -0.15) is 0 Å². The standard InChI is InChI=1S/C11H11N3O3S/c1-6-4-18-9(11(16)17)8(6)13-10(15)7-3-14(2)5-12-7/h3-5H,1-2H3,(H,13,15)(H,16,17). The molecular weight excluding hydrogens is 254 g/mol. The maximum Gasteiger partial charge on any atom is 0.348 e. The molecule has 2 rings (SSSR count). The molecule has 18 heavy (non-hydrogen) atoms. The highest BCUT2D eigenvalue weighted by atomic mass is 32.1. The lowest BCUT2D eigenvalue weighted by Crippen LogP contribution is -2.14. The molecule has 0 aliphatic rings. The van der Waals surface area contributed by atoms with E-state index in [2.05, 4.69) is 10.3 Å². The normalized spacial score (nSPS) is 10.3. The summed E-state index contributed by atoms with van der Waals surface area (Å²) in [5.41, 5.74) is 1.31. The summed E-state index contributed by atoms with van der Waals surface area (Å²) >= 11 is 1.09. The Kier molecular flexibility index (Phi) is 3.15. The highest BCUT2D eigenvalue weighted by molar-refractivity contribution is 7.12. The summed E-state index contributed by atoms with van der Waals surface area (Å²) in [5, 5.41) is 13.3. The number of imidazole rings is 1. The molecule has 1 amide bonds. The summed E-state index contributed by atoms with van der Waals surface area (Å²) in [7, 11) is 1.75. The van der Waals surface area contributed by atoms with Crippen LogP contribution in [0.25, 0.3) is 0 Å². The lowest BCUT2D eigenvalue weighted by atomic mass is 10.2. The number of amides is 1. The monoisotopic (exact) mass is 265 g/mol. The van der Waals surface area contributed by atoms with E-state index in [-0.39, 0.29) is 10.6 Å². The fourth-order valence-corrected chi connectivity index (χ4v) is 2.31. The molecule has 0 aliphatic carbocycles. The second-order valence-corrected chi connectivity index (χ2v) is 4.69. The lowest BCUT2D eigenvalue weighted by molar-refractivity contribution is 0.0703. The molecule has 0 spiro atoms. The van der Waals surface area contributed by atoms with Crippen LogP contribution in [0.15, 0.2) is 17.9 Å². The van der Waals surface area contributed by atoms with Crippen LogP contribution in [-0.4, -0.2) is 26.5 Å². The number of aromatic nitrogens is 2. The number of anilines is 1. The average Bonchev–Trinajstić information content (AvgIpc) is 2.87. The third-order valence-corrected chi connectivity index (χ3v) is 3.43. The number of nitrogens with zero attached hydrogens (tertiary/aromatic N) is 2. The zero-order chi connectivity index (χ0) is 13.3. The number of carboxylic acids is 1. The van der Waals surface area contributed by atoms with E-state index in [4.69, 9.17) is 5.11 Å². The van der Waals surface area contributed by atoms with Gasteiger partial charge in [-0.1, -0.05) is 0 Å². The topological polar surface area (TPSA) is 84.2 Å². The second kappa shape index (κ2) is 4.61. The number of carbonyl (C=O) groups is 2. The first kappa shape index (κ1) is 12.3. The maximum atomic E-state index is 11.9. The molecule has 0 saturated carbocycles. The first-order chi connectivity index (χ1) is 8.49. The van der Waals surface area contributed by atoms with E-state index in [1.54, 1.807) is 30.1 Å². The Hall–Kier alpha value is -2.15. The number of carbonyl (C=O) groups excluding carboxylic acids is 1. The van der Waals surface area contributed by atoms with Crippen LogP contribution in [0.1, 0.15) is 25.7 Å². The van der Waals surface area contributed by atoms with Crippen LogP contribution in [0, 0.1) is 6.92 Å². The molecule has 0 unspecified atom stereocenters. The van der Waals surface area contributed by atoms with Crippen LogP contribution >= 0.6 is 11.3 Å². The van der Waals surface area contributed by atoms with Gasteiger partial charge >= 0.3 is 5.97 Å². The first-order valence-corrected chi connectivity index (χ1v) is 5.97. The average molecular weight is 265 g/mol. The Labute approximate surface area is 107 Å². The molecule has 2 heterocycles. The number of hydrogen-bond donors (Lipinski definition) is 2. The highest BCUT2D eigenvalue weighted by Crippen LogP contribution is 2.27. The number of nitrogens with one attached hydrogen (secondary N) is 1. The third-order valence-electron chi connectivity index (χ3n) is 2.35. The molecular formula is C11H11N3O3S. The molecule has 0 fully saturated rings. The van der Waals surface area contributed by atoms with Crippen molar-refractivity contribution in [1.29, 1.82) is 0 Å². The van der Waals surface area contributed by atoms with Crippen LogP contribution in [0.3, 0.4) is 0 Å². The molecule has 0 aromatic carbocycles. The zero-order valence-corrected chi connectivity index (χ0v) is 10.6. The Morgan fingerprint density at radius 3 is 2.78 bits per heavy atom. The van der Waals surface area contributed by atoms with Gasteiger partial charge in [-0.3, -0.25) is 4.79 Å². The zero-order valence-electron chi connectivity index (χ0n) is 9.80. The van der Waals surface area contributed by atoms with E-state index in [0.29, 0.717) is 5.69 Å². The van der Waals surface area contributed by atoms with Crippen molar-refractivity contribution >= 4 is 28.9 Å². The largest absolute Gasteiger partial charge is 0.477 e. The summed E-state index contributed by atoms with van der Waals surface area (Å²) in [6, 6.07) is 0. The van der Waals surface area contributed by atoms with E-state index in [9.17, 15) is 9.59 Å². The lowest BCUT2D eigenvalue weighted by Gasteiger charge is -2.04. The fraction of sp³-hybridized carbons (Fsp3) is 0.182. The van der Waals surface area contributed by atoms with E-state index in [1.807, 2.05) is 0 Å². The van der Waals surface area contributed by atoms with Gasteiger partial charge in [-0.25, -0.2) is 9.78 Å². The number of rotatable bonds is 3. The molecule has 0 aliphatic heterocycles. The summed E-state index contributed by atoms with van der Waals surface area (Å²) in [6.07, 6.45) is 3.07. The molecule has 94 valence electrons. The Morgan fingerprint density at radius 1 is 1.50 bits per heavy atom. The van der Waals surface area contributed by atoms with Crippen molar-refractivity contribution in [2.24, 2.45) is 7.05 Å². The van der Waals surface area contributed by atoms with Crippen LogP contribution in [-0.2, 0) is 7.05 Å². The molecule has 2 N–H and O–H groups in total. The van der Waals surface area contributed by atoms with Crippen LogP contribution in [0.2, 0.25) is 0 Å². The SMILES string of the molecule is Cc1csc(C(=O)O)c1NC(=O)c1cn(C)cn1. The highest BCUT2D eigenvalue weighted by Gasteiger charge is 2.18. The van der Waals surface area contributed by atoms with Crippen molar-refractivity contribution < 1.29 is 14.7 Å². The number of aryl methyl sites for hydroxylation is 2. The molecule has 7 heteroatoms. The summed E-state index contributed by atoms with van der Waals surface area (Å²) in [5.74, 6) is -1.47. The summed E-state index contributed by atoms with van der Waals surface area (Å²) in [4.78, 5) is 26.9. The minimum atomic E-state index is -1.05. The predicted molar refractivity (Wildman–Crippen MR) is 67.2 cm³/mol. The van der Waals surface area contributed by atoms with Crippen molar-refractivity contribution in [3.63, 3.8) is 0 Å². The maximum absolute atomic E-state index is 11.9. The first-order valence-electron chi connectivity index (χ1n) is 5.09. The van der Waals surface area contributed by atoms with Crippen LogP contribution in [0.4, 0.5) is 5.69 Å². The molecule has 0 saturated heterocycles. The van der Waals surface area contributed by atoms with Gasteiger partial charge in [0.25, 0.3) is 5.91 Å². The Bertz CT molecular complexity index is 615. The van der Waals surface area contributed by atoms with Crippen molar-refractivity contribution in [2.75, 3.05) is 5.32 Å². The Balaban J connectivity index is 2.27. The van der Waals surface area contributed by atoms with Crippen molar-refractivity contribution in [2.45, 2.75) is 6.92 Å². The van der Waals surface area contributed by atoms with Gasteiger partial charge in [0.2, 0.25) is 0 Å². The molecule has 2 aromatic heterocycles. The van der Waals surface area contributed by atoms with Crippen molar-refractivity contribution in [3.05, 3.63) is 34.0 Å². The van der Waals surface area contributed by atoms with E-state index in [0.717, 1.165) is 16.9 Å². The molecule has 0 bridgehead atoms. The van der Waals surface area contributed by atoms with Gasteiger partial charge in [-0.05, 0) is 17.9 Å². The molecule has 0 radical (unpaired) electrons. The molecule has 2 aromatic rings. The minimum absolute atomic E-state index is 0.122. The third kappa shape index (κ3) is 2.25. The van der Waals surface area contributed by atoms with Gasteiger partial charge in [-0.15, -0.1) is 11.3 Å². The van der Waals surface area contributed by atoms with Crippen molar-refractivity contribution in [3.8, 4) is 0 Å². The van der Waals surface area contributed by atoms with Gasteiger partial charge in [0.1, 0.15) is 10.6 Å². The Morgan fingerprint density at radius 2 is 2.22 bits per heavy atom. The molecule has 6 nitrogen and oxygen atoms in total. The van der Waals surface area contributed by atoms with E-state index in [1.165, 1.54) is 6.33 Å². The number of aromatic carboxylic acids is 1. The van der Waals surface area contributed by atoms with Gasteiger partial charge in [0, 0.05) is 13.2 Å². The summed E-state index contributed by atoms with van der Waals surface area (Å²) in [6.45, 7) is 1.75. The summed E-state index contributed by atoms with van der Waals surface area (Å²) < 4.78 is 1.65. The van der Waals surface area contributed by atoms with Crippen LogP contribution in [0.5, 0.6) is 0 Å². The van der Waals surface area contributed by atoms with E-state index >= 15 is 0 Å². The van der Waals surface area contributed by atoms with Gasteiger partial charge in [0.05, 0.1) is 12.0 Å². The predicted octanol–water partition coefficient (Wildman–Crippen LogP) is 1.74. The second-order valence-electron chi connectivity index (χ2n) is 3.81. The minimum Gasteiger partial charge on any atom is -0.477 e. The van der Waals surface area contributed by atoms with Crippen LogP contribution < -0.4 is 5.32 Å². The fourth-order valence-electron chi connectivity index (χ4n) is 1.46. The van der Waals surface area contributed by atoms with Gasteiger partial charge in [0.15, 0.2) is 0 Å². The quantitative estimate of drug-likeness (QED) is 0.885. The molecule has 0 atom stereocenters. The van der Waals surface area contributed by atoms with E-state index < -0.39 is 11.9 Å². The number of hydrogen-bond acceptors (Lipinski definition) is 4. The van der Waals surface area contributed by atoms with Gasteiger partial charge < -0.3 is 15.0 Å². The number of thiophene rings is 1. The van der Waals surface area contributed by atoms with Crippen molar-refractivity contribution in [1.82, 2.24) is 9.55 Å².